The summed E-state index contributed by atoms with van der Waals surface area (Å²) in [7, 11) is -4.59. The van der Waals surface area contributed by atoms with Gasteiger partial charge in [-0.15, -0.1) is 0 Å². The van der Waals surface area contributed by atoms with Crippen LogP contribution >= 0.6 is 0 Å². The number of hydrogen-bond acceptors (Lipinski definition) is 11. The summed E-state index contributed by atoms with van der Waals surface area (Å²) in [5.41, 5.74) is 0. The fourth-order valence-corrected chi connectivity index (χ4v) is 6.30. The van der Waals surface area contributed by atoms with E-state index in [1.54, 1.807) is 0 Å². The molecule has 1 saturated heterocycles. The Balaban J connectivity index is 2.56. The van der Waals surface area contributed by atoms with Gasteiger partial charge in [-0.25, -0.2) is 0 Å². The van der Waals surface area contributed by atoms with Crippen LogP contribution in [0.4, 0.5) is 0 Å². The number of aliphatic hydroxyl groups is 3. The smallest absolute Gasteiger partial charge is 0.306 e. The fourth-order valence-electron chi connectivity index (χ4n) is 5.61. The second kappa shape index (κ2) is 28.0. The van der Waals surface area contributed by atoms with Gasteiger partial charge in [0.25, 0.3) is 10.1 Å². The average molecular weight is 723 g/mol. The minimum atomic E-state index is -4.59. The van der Waals surface area contributed by atoms with E-state index in [1.165, 1.54) is 51.4 Å². The number of carbonyl (C=O) groups is 2. The molecule has 0 amide bonds. The lowest BCUT2D eigenvalue weighted by molar-refractivity contribution is -0.297. The summed E-state index contributed by atoms with van der Waals surface area (Å²) in [5, 5.41) is 30.7. The lowest BCUT2D eigenvalue weighted by Crippen LogP contribution is -2.60. The first-order chi connectivity index (χ1) is 23.5. The third-order valence-corrected chi connectivity index (χ3v) is 9.35. The van der Waals surface area contributed by atoms with Gasteiger partial charge in [-0.3, -0.25) is 14.1 Å². The first-order valence-corrected chi connectivity index (χ1v) is 20.4. The van der Waals surface area contributed by atoms with Gasteiger partial charge in [0.1, 0.15) is 36.8 Å². The standard InChI is InChI=1S/C36H66O12S/c1-3-5-7-9-11-13-14-15-17-19-21-23-25-32(38)47-29(26-45-31(37)24-22-20-18-16-12-10-8-6-4-2)27-46-36-35(41)34(40)33(39)30(48-36)28-49(42,43)44/h11,13,29-30,33-36,39-41H,3-10,12,14-28H2,1-2H3,(H,42,43,44)/b13-11+/t29-,30-,33-,34?,35?,36+/m1/s1. The molecule has 1 rings (SSSR count). The molecule has 0 aromatic rings. The normalized spacial score (nSPS) is 22.0. The number of allylic oxidation sites excluding steroid dienone is 2. The SMILES string of the molecule is CCCCC/C=C/CCCCCCCC(=O)O[C@H](COC(=O)CCCCCCCCCCC)CO[C@H]1O[C@H](CS(=O)(=O)O)[C@@H](O)C(O)C1O. The Kier molecular flexibility index (Phi) is 26.0. The second-order valence-electron chi connectivity index (χ2n) is 13.2. The molecule has 6 atom stereocenters. The van der Waals surface area contributed by atoms with Gasteiger partial charge < -0.3 is 34.3 Å². The predicted molar refractivity (Wildman–Crippen MR) is 187 cm³/mol. The van der Waals surface area contributed by atoms with Crippen molar-refractivity contribution in [1.29, 1.82) is 0 Å². The third-order valence-electron chi connectivity index (χ3n) is 8.60. The Labute approximate surface area is 295 Å². The molecule has 1 aliphatic rings. The Morgan fingerprint density at radius 2 is 1.16 bits per heavy atom. The molecule has 0 saturated carbocycles. The first-order valence-electron chi connectivity index (χ1n) is 18.7. The maximum atomic E-state index is 12.7. The molecule has 2 unspecified atom stereocenters. The molecule has 0 radical (unpaired) electrons. The summed E-state index contributed by atoms with van der Waals surface area (Å²) in [5.74, 6) is -1.99. The monoisotopic (exact) mass is 722 g/mol. The summed E-state index contributed by atoms with van der Waals surface area (Å²) < 4.78 is 53.7. The van der Waals surface area contributed by atoms with Gasteiger partial charge in [0.05, 0.1) is 6.61 Å². The van der Waals surface area contributed by atoms with E-state index in [0.717, 1.165) is 57.8 Å². The number of ether oxygens (including phenoxy) is 4. The largest absolute Gasteiger partial charge is 0.462 e. The van der Waals surface area contributed by atoms with Crippen molar-refractivity contribution in [1.82, 2.24) is 0 Å². The molecule has 1 fully saturated rings. The highest BCUT2D eigenvalue weighted by molar-refractivity contribution is 7.85. The Morgan fingerprint density at radius 3 is 1.73 bits per heavy atom. The molecule has 49 heavy (non-hydrogen) atoms. The van der Waals surface area contributed by atoms with Crippen molar-refractivity contribution in [3.63, 3.8) is 0 Å². The number of unbranched alkanes of at least 4 members (excludes halogenated alkanes) is 16. The van der Waals surface area contributed by atoms with Gasteiger partial charge in [0.15, 0.2) is 12.4 Å². The van der Waals surface area contributed by atoms with Gasteiger partial charge in [-0.2, -0.15) is 8.42 Å². The summed E-state index contributed by atoms with van der Waals surface area (Å²) in [4.78, 5) is 25.1. The van der Waals surface area contributed by atoms with Crippen LogP contribution in [0, 0.1) is 0 Å². The van der Waals surface area contributed by atoms with Crippen LogP contribution in [-0.2, 0) is 38.7 Å². The molecule has 0 aliphatic carbocycles. The summed E-state index contributed by atoms with van der Waals surface area (Å²) in [6.45, 7) is 3.67. The van der Waals surface area contributed by atoms with Crippen LogP contribution < -0.4 is 0 Å². The molecule has 4 N–H and O–H groups in total. The van der Waals surface area contributed by atoms with Crippen LogP contribution in [0.1, 0.15) is 149 Å². The van der Waals surface area contributed by atoms with E-state index in [0.29, 0.717) is 12.8 Å². The molecule has 288 valence electrons. The van der Waals surface area contributed by atoms with Crippen molar-refractivity contribution in [3.05, 3.63) is 12.2 Å². The number of rotatable bonds is 30. The van der Waals surface area contributed by atoms with E-state index in [1.807, 2.05) is 0 Å². The van der Waals surface area contributed by atoms with Crippen molar-refractivity contribution in [2.24, 2.45) is 0 Å². The molecule has 0 spiro atoms. The maximum absolute atomic E-state index is 12.7. The van der Waals surface area contributed by atoms with E-state index in [4.69, 9.17) is 18.9 Å². The predicted octanol–water partition coefficient (Wildman–Crippen LogP) is 5.94. The molecule has 12 nitrogen and oxygen atoms in total. The number of esters is 2. The quantitative estimate of drug-likeness (QED) is 0.0296. The molecular weight excluding hydrogens is 656 g/mol. The lowest BCUT2D eigenvalue weighted by atomic mass is 10.00. The van der Waals surface area contributed by atoms with Gasteiger partial charge in [0, 0.05) is 12.8 Å². The Hall–Kier alpha value is -1.61. The highest BCUT2D eigenvalue weighted by Crippen LogP contribution is 2.24. The van der Waals surface area contributed by atoms with Crippen molar-refractivity contribution < 1.29 is 56.8 Å². The van der Waals surface area contributed by atoms with Crippen LogP contribution in [0.15, 0.2) is 12.2 Å². The van der Waals surface area contributed by atoms with E-state index in [-0.39, 0.29) is 19.4 Å². The second-order valence-corrected chi connectivity index (χ2v) is 14.7. The van der Waals surface area contributed by atoms with Crippen LogP contribution in [-0.4, -0.2) is 96.0 Å². The summed E-state index contributed by atoms with van der Waals surface area (Å²) in [6, 6.07) is 0. The fraction of sp³-hybridized carbons (Fsp3) is 0.889. The molecule has 0 aromatic heterocycles. The number of aliphatic hydroxyl groups excluding tert-OH is 3. The third kappa shape index (κ3) is 23.5. The number of carbonyl (C=O) groups excluding carboxylic acids is 2. The average Bonchev–Trinajstić information content (AvgIpc) is 3.05. The van der Waals surface area contributed by atoms with Crippen LogP contribution in [0.5, 0.6) is 0 Å². The van der Waals surface area contributed by atoms with Gasteiger partial charge in [-0.1, -0.05) is 109 Å². The zero-order chi connectivity index (χ0) is 36.3. The van der Waals surface area contributed by atoms with Gasteiger partial charge >= 0.3 is 11.9 Å². The Bertz CT molecular complexity index is 989. The van der Waals surface area contributed by atoms with Crippen molar-refractivity contribution in [3.8, 4) is 0 Å². The van der Waals surface area contributed by atoms with Crippen LogP contribution in [0.25, 0.3) is 0 Å². The molecule has 0 bridgehead atoms. The number of hydrogen-bond donors (Lipinski definition) is 4. The van der Waals surface area contributed by atoms with E-state index in [2.05, 4.69) is 26.0 Å². The highest BCUT2D eigenvalue weighted by atomic mass is 32.2. The van der Waals surface area contributed by atoms with E-state index in [9.17, 15) is 37.9 Å². The van der Waals surface area contributed by atoms with Gasteiger partial charge in [0.2, 0.25) is 0 Å². The molecule has 1 heterocycles. The van der Waals surface area contributed by atoms with Crippen molar-refractivity contribution >= 4 is 22.1 Å². The molecular formula is C36H66O12S. The van der Waals surface area contributed by atoms with Crippen molar-refractivity contribution in [2.75, 3.05) is 19.0 Å². The molecule has 1 aliphatic heterocycles. The van der Waals surface area contributed by atoms with E-state index >= 15 is 0 Å². The minimum absolute atomic E-state index is 0.157. The summed E-state index contributed by atoms with van der Waals surface area (Å²) in [6.07, 6.45) is 15.7. The van der Waals surface area contributed by atoms with Gasteiger partial charge in [-0.05, 0) is 38.5 Å². The zero-order valence-electron chi connectivity index (χ0n) is 30.1. The molecule has 13 heteroatoms. The zero-order valence-corrected chi connectivity index (χ0v) is 30.9. The summed E-state index contributed by atoms with van der Waals surface area (Å²) >= 11 is 0. The lowest BCUT2D eigenvalue weighted by Gasteiger charge is -2.40. The van der Waals surface area contributed by atoms with Crippen LogP contribution in [0.3, 0.4) is 0 Å². The molecule has 0 aromatic carbocycles. The first kappa shape index (κ1) is 45.4. The van der Waals surface area contributed by atoms with E-state index < -0.39 is 71.2 Å². The topological polar surface area (TPSA) is 186 Å². The van der Waals surface area contributed by atoms with Crippen molar-refractivity contribution in [2.45, 2.75) is 185 Å². The highest BCUT2D eigenvalue weighted by Gasteiger charge is 2.46. The maximum Gasteiger partial charge on any atom is 0.306 e. The minimum Gasteiger partial charge on any atom is -0.462 e. The van der Waals surface area contributed by atoms with Crippen LogP contribution in [0.2, 0.25) is 0 Å². The Morgan fingerprint density at radius 1 is 0.673 bits per heavy atom.